The second-order valence-electron chi connectivity index (χ2n) is 7.91. The number of hydrogen-bond acceptors (Lipinski definition) is 8. The van der Waals surface area contributed by atoms with Gasteiger partial charge in [-0.05, 0) is 66.1 Å². The van der Waals surface area contributed by atoms with Gasteiger partial charge in [-0.3, -0.25) is 4.98 Å². The van der Waals surface area contributed by atoms with Crippen molar-refractivity contribution in [3.05, 3.63) is 87.5 Å². The maximum atomic E-state index is 14.0. The molecule has 0 radical (unpaired) electrons. The van der Waals surface area contributed by atoms with Crippen molar-refractivity contribution >= 4 is 44.4 Å². The Morgan fingerprint density at radius 1 is 1.11 bits per heavy atom. The fraction of sp³-hybridized carbons (Fsp3) is 0.154. The molecule has 0 unspecified atom stereocenters. The molecule has 0 fully saturated rings. The molecule has 2 aromatic heterocycles. The van der Waals surface area contributed by atoms with Crippen LogP contribution in [0.3, 0.4) is 0 Å². The van der Waals surface area contributed by atoms with Crippen molar-refractivity contribution in [3.63, 3.8) is 0 Å². The molecule has 0 saturated carbocycles. The zero-order valence-corrected chi connectivity index (χ0v) is 22.1. The Balaban J connectivity index is 2.10. The highest BCUT2D eigenvalue weighted by Crippen LogP contribution is 2.45. The molecule has 2 aromatic carbocycles. The Hall–Kier alpha value is -3.40. The van der Waals surface area contributed by atoms with Crippen LogP contribution in [0.4, 0.5) is 5.69 Å². The number of anilines is 1. The summed E-state index contributed by atoms with van der Waals surface area (Å²) in [6.45, 7) is 1.59. The predicted molar refractivity (Wildman–Crippen MR) is 141 cm³/mol. The molecule has 0 aliphatic heterocycles. The average molecular weight is 543 g/mol. The zero-order valence-electron chi connectivity index (χ0n) is 19.7. The molecule has 36 heavy (non-hydrogen) atoms. The number of nitrogens with zero attached hydrogens (tertiary/aromatic N) is 1. The highest BCUT2D eigenvalue weighted by molar-refractivity contribution is 7.91. The highest BCUT2D eigenvalue weighted by Gasteiger charge is 2.34. The number of pyridine rings is 1. The van der Waals surface area contributed by atoms with E-state index in [0.717, 1.165) is 5.56 Å². The number of esters is 1. The summed E-state index contributed by atoms with van der Waals surface area (Å²) in [6.07, 6.45) is 3.48. The summed E-state index contributed by atoms with van der Waals surface area (Å²) in [7, 11) is -1.48. The SMILES string of the molecule is COC(=O)c1c(Cc2cccnc2)c(-c2ccc(Cl)s2)c(N)c(C)c1S(=O)(=O)c1ccc(OC)cc1. The van der Waals surface area contributed by atoms with Gasteiger partial charge in [0, 0.05) is 34.9 Å². The van der Waals surface area contributed by atoms with Crippen LogP contribution in [-0.2, 0) is 21.0 Å². The van der Waals surface area contributed by atoms with Crippen molar-refractivity contribution in [1.82, 2.24) is 4.98 Å². The summed E-state index contributed by atoms with van der Waals surface area (Å²) in [5.74, 6) is -0.284. The molecule has 0 saturated heterocycles. The molecule has 0 amide bonds. The van der Waals surface area contributed by atoms with Crippen LogP contribution in [0.25, 0.3) is 10.4 Å². The van der Waals surface area contributed by atoms with E-state index in [1.807, 2.05) is 6.07 Å². The number of ether oxygens (including phenoxy) is 2. The Labute approximate surface area is 218 Å². The average Bonchev–Trinajstić information content (AvgIpc) is 3.31. The van der Waals surface area contributed by atoms with Gasteiger partial charge in [0.05, 0.1) is 33.9 Å². The van der Waals surface area contributed by atoms with Crippen molar-refractivity contribution in [1.29, 1.82) is 0 Å². The van der Waals surface area contributed by atoms with Gasteiger partial charge in [0.1, 0.15) is 5.75 Å². The summed E-state index contributed by atoms with van der Waals surface area (Å²) in [5.41, 5.74) is 8.78. The van der Waals surface area contributed by atoms with Crippen LogP contribution in [-0.4, -0.2) is 33.6 Å². The Morgan fingerprint density at radius 3 is 2.39 bits per heavy atom. The number of rotatable bonds is 7. The largest absolute Gasteiger partial charge is 0.497 e. The number of benzene rings is 2. The van der Waals surface area contributed by atoms with E-state index in [9.17, 15) is 13.2 Å². The topological polar surface area (TPSA) is 109 Å². The van der Waals surface area contributed by atoms with Gasteiger partial charge in [-0.15, -0.1) is 11.3 Å². The van der Waals surface area contributed by atoms with Gasteiger partial charge in [0.2, 0.25) is 9.84 Å². The predicted octanol–water partition coefficient (Wildman–Crippen LogP) is 5.57. The number of methoxy groups -OCH3 is 2. The number of carbonyl (C=O) groups is 1. The Morgan fingerprint density at radius 2 is 1.83 bits per heavy atom. The van der Waals surface area contributed by atoms with E-state index in [1.165, 1.54) is 37.7 Å². The fourth-order valence-corrected chi connectivity index (χ4v) is 6.91. The molecular formula is C26H23ClN2O5S2. The first-order chi connectivity index (χ1) is 17.2. The Kier molecular flexibility index (Phi) is 7.35. The van der Waals surface area contributed by atoms with Gasteiger partial charge in [-0.25, -0.2) is 13.2 Å². The summed E-state index contributed by atoms with van der Waals surface area (Å²) < 4.78 is 38.7. The maximum Gasteiger partial charge on any atom is 0.339 e. The summed E-state index contributed by atoms with van der Waals surface area (Å²) in [5, 5.41) is 0. The van der Waals surface area contributed by atoms with Crippen molar-refractivity contribution < 1.29 is 22.7 Å². The van der Waals surface area contributed by atoms with E-state index in [2.05, 4.69) is 4.98 Å². The van der Waals surface area contributed by atoms with Gasteiger partial charge in [-0.1, -0.05) is 17.7 Å². The van der Waals surface area contributed by atoms with E-state index < -0.39 is 15.8 Å². The standard InChI is InChI=1S/C26H23ClN2O5S2/c1-15-24(28)22(20-10-11-21(27)35-20)19(13-16-5-4-12-29-14-16)23(26(30)34-3)25(15)36(31,32)18-8-6-17(33-2)7-9-18/h4-12,14H,13,28H2,1-3H3. The summed E-state index contributed by atoms with van der Waals surface area (Å²) in [4.78, 5) is 18.0. The van der Waals surface area contributed by atoms with Crippen LogP contribution in [0.15, 0.2) is 70.7 Å². The van der Waals surface area contributed by atoms with E-state index in [4.69, 9.17) is 26.8 Å². The molecule has 0 bridgehead atoms. The van der Waals surface area contributed by atoms with E-state index in [-0.39, 0.29) is 33.0 Å². The molecule has 7 nitrogen and oxygen atoms in total. The number of aromatic nitrogens is 1. The van der Waals surface area contributed by atoms with Crippen molar-refractivity contribution in [3.8, 4) is 16.2 Å². The van der Waals surface area contributed by atoms with E-state index in [1.54, 1.807) is 49.6 Å². The monoisotopic (exact) mass is 542 g/mol. The van der Waals surface area contributed by atoms with E-state index >= 15 is 0 Å². The number of nitrogens with two attached hydrogens (primary N) is 1. The second kappa shape index (κ2) is 10.3. The van der Waals surface area contributed by atoms with Gasteiger partial charge in [0.25, 0.3) is 0 Å². The second-order valence-corrected chi connectivity index (χ2v) is 11.5. The molecule has 4 rings (SSSR count). The molecule has 186 valence electrons. The highest BCUT2D eigenvalue weighted by atomic mass is 35.5. The Bertz CT molecular complexity index is 1530. The van der Waals surface area contributed by atoms with Gasteiger partial charge in [-0.2, -0.15) is 0 Å². The molecular weight excluding hydrogens is 520 g/mol. The first kappa shape index (κ1) is 25.7. The molecule has 0 aliphatic carbocycles. The van der Waals surface area contributed by atoms with Crippen molar-refractivity contribution in [2.24, 2.45) is 0 Å². The first-order valence-electron chi connectivity index (χ1n) is 10.8. The fourth-order valence-electron chi connectivity index (χ4n) is 4.06. The third-order valence-electron chi connectivity index (χ3n) is 5.80. The van der Waals surface area contributed by atoms with Crippen LogP contribution < -0.4 is 10.5 Å². The minimum absolute atomic E-state index is 0.00445. The minimum atomic E-state index is -4.19. The molecule has 0 aliphatic rings. The van der Waals surface area contributed by atoms with Gasteiger partial charge < -0.3 is 15.2 Å². The lowest BCUT2D eigenvalue weighted by atomic mass is 9.90. The number of nitrogen functional groups attached to an aromatic ring is 1. The van der Waals surface area contributed by atoms with E-state index in [0.29, 0.717) is 26.1 Å². The smallest absolute Gasteiger partial charge is 0.339 e. The molecule has 0 spiro atoms. The maximum absolute atomic E-state index is 14.0. The van der Waals surface area contributed by atoms with Crippen LogP contribution >= 0.6 is 22.9 Å². The van der Waals surface area contributed by atoms with Gasteiger partial charge >= 0.3 is 5.97 Å². The van der Waals surface area contributed by atoms with Crippen LogP contribution in [0.5, 0.6) is 5.75 Å². The normalized spacial score (nSPS) is 11.3. The number of halogens is 1. The third-order valence-corrected chi connectivity index (χ3v) is 8.99. The first-order valence-corrected chi connectivity index (χ1v) is 13.4. The van der Waals surface area contributed by atoms with Crippen molar-refractivity contribution in [2.45, 2.75) is 23.1 Å². The summed E-state index contributed by atoms with van der Waals surface area (Å²) >= 11 is 7.51. The summed E-state index contributed by atoms with van der Waals surface area (Å²) in [6, 6.07) is 13.1. The van der Waals surface area contributed by atoms with Crippen LogP contribution in [0.2, 0.25) is 4.34 Å². The number of carbonyl (C=O) groups excluding carboxylic acids is 1. The molecule has 2 N–H and O–H groups in total. The molecule has 0 atom stereocenters. The third kappa shape index (κ3) is 4.69. The molecule has 2 heterocycles. The number of sulfone groups is 1. The van der Waals surface area contributed by atoms with Crippen molar-refractivity contribution in [2.75, 3.05) is 20.0 Å². The minimum Gasteiger partial charge on any atom is -0.497 e. The number of thiophene rings is 1. The lowest BCUT2D eigenvalue weighted by molar-refractivity contribution is 0.0595. The van der Waals surface area contributed by atoms with Crippen LogP contribution in [0.1, 0.15) is 27.0 Å². The zero-order chi connectivity index (χ0) is 26.0. The van der Waals surface area contributed by atoms with Crippen LogP contribution in [0, 0.1) is 6.92 Å². The quantitative estimate of drug-likeness (QED) is 0.240. The number of hydrogen-bond donors (Lipinski definition) is 1. The molecule has 4 aromatic rings. The lowest BCUT2D eigenvalue weighted by Gasteiger charge is -2.22. The lowest BCUT2D eigenvalue weighted by Crippen LogP contribution is -2.19. The molecule has 10 heteroatoms. The van der Waals surface area contributed by atoms with Gasteiger partial charge in [0.15, 0.2) is 0 Å².